The molecule has 3 N–H and O–H groups in total. The lowest BCUT2D eigenvalue weighted by molar-refractivity contribution is 0.275. The third-order valence-electron chi connectivity index (χ3n) is 4.12. The summed E-state index contributed by atoms with van der Waals surface area (Å²) in [5, 5.41) is 13.3. The predicted octanol–water partition coefficient (Wildman–Crippen LogP) is 2.25. The number of pyridine rings is 1. The molecule has 1 aromatic heterocycles. The van der Waals surface area contributed by atoms with Crippen LogP contribution in [0, 0.1) is 6.92 Å². The summed E-state index contributed by atoms with van der Waals surface area (Å²) in [6, 6.07) is 10.3. The molecule has 1 aliphatic rings. The average Bonchev–Trinajstić information content (AvgIpc) is 2.94. The monoisotopic (exact) mass is 284 g/mol. The van der Waals surface area contributed by atoms with Crippen molar-refractivity contribution in [2.24, 2.45) is 10.9 Å². The molecule has 0 saturated carbocycles. The number of benzene rings is 1. The van der Waals surface area contributed by atoms with Gasteiger partial charge in [0, 0.05) is 17.6 Å². The Morgan fingerprint density at radius 2 is 2.29 bits per heavy atom. The Hall–Kier alpha value is -2.14. The minimum atomic E-state index is 0.0298. The fraction of sp³-hybridized carbons (Fsp3) is 0.375. The first-order valence-corrected chi connectivity index (χ1v) is 7.26. The Kier molecular flexibility index (Phi) is 3.75. The fourth-order valence-electron chi connectivity index (χ4n) is 3.16. The molecule has 3 rings (SSSR count). The number of rotatable bonds is 3. The van der Waals surface area contributed by atoms with Crippen LogP contribution in [-0.2, 0) is 6.54 Å². The van der Waals surface area contributed by atoms with Crippen molar-refractivity contribution in [3.8, 4) is 0 Å². The molecule has 1 unspecified atom stereocenters. The van der Waals surface area contributed by atoms with Crippen molar-refractivity contribution in [2.45, 2.75) is 32.4 Å². The summed E-state index contributed by atoms with van der Waals surface area (Å²) in [5.41, 5.74) is 9.09. The smallest absolute Gasteiger partial charge is 0.156 e. The van der Waals surface area contributed by atoms with Crippen LogP contribution in [-0.4, -0.2) is 33.5 Å². The van der Waals surface area contributed by atoms with Crippen LogP contribution in [0.2, 0.25) is 0 Å². The van der Waals surface area contributed by atoms with Crippen LogP contribution in [0.5, 0.6) is 0 Å². The van der Waals surface area contributed by atoms with E-state index in [4.69, 9.17) is 10.9 Å². The molecular formula is C16H20N4O. The number of nitrogens with zero attached hydrogens (tertiary/aromatic N) is 3. The van der Waals surface area contributed by atoms with Crippen molar-refractivity contribution in [3.05, 3.63) is 41.6 Å². The minimum absolute atomic E-state index is 0.0298. The maximum atomic E-state index is 8.92. The van der Waals surface area contributed by atoms with Gasteiger partial charge in [-0.2, -0.15) is 0 Å². The fourth-order valence-corrected chi connectivity index (χ4v) is 3.16. The number of hydrogen-bond acceptors (Lipinski definition) is 4. The maximum Gasteiger partial charge on any atom is 0.156 e. The van der Waals surface area contributed by atoms with E-state index in [0.717, 1.165) is 37.1 Å². The van der Waals surface area contributed by atoms with Gasteiger partial charge in [0.2, 0.25) is 0 Å². The summed E-state index contributed by atoms with van der Waals surface area (Å²) in [7, 11) is 0. The first kappa shape index (κ1) is 13.8. The largest absolute Gasteiger partial charge is 0.409 e. The van der Waals surface area contributed by atoms with Gasteiger partial charge in [-0.05, 0) is 44.0 Å². The summed E-state index contributed by atoms with van der Waals surface area (Å²) in [4.78, 5) is 6.85. The number of para-hydroxylation sites is 1. The average molecular weight is 284 g/mol. The topological polar surface area (TPSA) is 74.7 Å². The summed E-state index contributed by atoms with van der Waals surface area (Å²) in [6.07, 6.45) is 2.01. The van der Waals surface area contributed by atoms with Crippen molar-refractivity contribution in [1.29, 1.82) is 0 Å². The van der Waals surface area contributed by atoms with E-state index in [1.165, 1.54) is 10.9 Å². The molecular weight excluding hydrogens is 264 g/mol. The Balaban J connectivity index is 1.94. The molecule has 0 spiro atoms. The SMILES string of the molecule is Cc1cc(CN2CCCC2C(N)=NO)c2ccccc2n1. The highest BCUT2D eigenvalue weighted by atomic mass is 16.4. The zero-order valence-corrected chi connectivity index (χ0v) is 12.2. The molecule has 0 radical (unpaired) electrons. The third-order valence-corrected chi connectivity index (χ3v) is 4.12. The van der Waals surface area contributed by atoms with Crippen molar-refractivity contribution >= 4 is 16.7 Å². The minimum Gasteiger partial charge on any atom is -0.409 e. The zero-order chi connectivity index (χ0) is 14.8. The number of nitrogens with two attached hydrogens (primary N) is 1. The highest BCUT2D eigenvalue weighted by Crippen LogP contribution is 2.24. The van der Waals surface area contributed by atoms with Crippen molar-refractivity contribution in [1.82, 2.24) is 9.88 Å². The van der Waals surface area contributed by atoms with E-state index in [-0.39, 0.29) is 6.04 Å². The van der Waals surface area contributed by atoms with Crippen LogP contribution in [0.4, 0.5) is 0 Å². The van der Waals surface area contributed by atoms with E-state index in [0.29, 0.717) is 5.84 Å². The Labute approximate surface area is 124 Å². The van der Waals surface area contributed by atoms with E-state index >= 15 is 0 Å². The number of hydrogen-bond donors (Lipinski definition) is 2. The Morgan fingerprint density at radius 3 is 3.10 bits per heavy atom. The van der Waals surface area contributed by atoms with Gasteiger partial charge >= 0.3 is 0 Å². The quantitative estimate of drug-likeness (QED) is 0.392. The first-order valence-electron chi connectivity index (χ1n) is 7.26. The molecule has 0 aliphatic carbocycles. The third kappa shape index (κ3) is 2.69. The number of fused-ring (bicyclic) bond motifs is 1. The van der Waals surface area contributed by atoms with Gasteiger partial charge in [0.05, 0.1) is 11.6 Å². The predicted molar refractivity (Wildman–Crippen MR) is 83.3 cm³/mol. The van der Waals surface area contributed by atoms with Gasteiger partial charge in [0.25, 0.3) is 0 Å². The van der Waals surface area contributed by atoms with Crippen molar-refractivity contribution in [3.63, 3.8) is 0 Å². The van der Waals surface area contributed by atoms with Crippen LogP contribution in [0.1, 0.15) is 24.1 Å². The molecule has 5 heteroatoms. The van der Waals surface area contributed by atoms with Crippen LogP contribution < -0.4 is 5.73 Å². The molecule has 1 saturated heterocycles. The summed E-state index contributed by atoms with van der Waals surface area (Å²) in [6.45, 7) is 3.78. The lowest BCUT2D eigenvalue weighted by Crippen LogP contribution is -2.40. The zero-order valence-electron chi connectivity index (χ0n) is 12.2. The normalized spacial score (nSPS) is 20.2. The molecule has 5 nitrogen and oxygen atoms in total. The second-order valence-corrected chi connectivity index (χ2v) is 5.59. The standard InChI is InChI=1S/C16H20N4O/c1-11-9-12(13-5-2-3-6-14(13)18-11)10-20-8-4-7-15(20)16(17)19-21/h2-3,5-6,9,15,21H,4,7-8,10H2,1H3,(H2,17,19). The lowest BCUT2D eigenvalue weighted by Gasteiger charge is -2.24. The van der Waals surface area contributed by atoms with E-state index < -0.39 is 0 Å². The number of aromatic nitrogens is 1. The number of amidine groups is 1. The van der Waals surface area contributed by atoms with Crippen molar-refractivity contribution < 1.29 is 5.21 Å². The van der Waals surface area contributed by atoms with E-state index in [2.05, 4.69) is 27.2 Å². The molecule has 21 heavy (non-hydrogen) atoms. The van der Waals surface area contributed by atoms with E-state index in [9.17, 15) is 0 Å². The Bertz CT molecular complexity index is 683. The van der Waals surface area contributed by atoms with Gasteiger partial charge in [-0.3, -0.25) is 9.88 Å². The number of aryl methyl sites for hydroxylation is 1. The van der Waals surface area contributed by atoms with Crippen LogP contribution >= 0.6 is 0 Å². The Morgan fingerprint density at radius 1 is 1.48 bits per heavy atom. The second-order valence-electron chi connectivity index (χ2n) is 5.59. The van der Waals surface area contributed by atoms with E-state index in [1.807, 2.05) is 25.1 Å². The molecule has 1 aliphatic heterocycles. The van der Waals surface area contributed by atoms with Gasteiger partial charge in [0.1, 0.15) is 0 Å². The summed E-state index contributed by atoms with van der Waals surface area (Å²) >= 11 is 0. The molecule has 2 heterocycles. The molecule has 1 fully saturated rings. The highest BCUT2D eigenvalue weighted by Gasteiger charge is 2.28. The van der Waals surface area contributed by atoms with Crippen LogP contribution in [0.15, 0.2) is 35.5 Å². The van der Waals surface area contributed by atoms with Gasteiger partial charge in [-0.15, -0.1) is 0 Å². The number of likely N-dealkylation sites (tertiary alicyclic amines) is 1. The molecule has 2 aromatic rings. The first-order chi connectivity index (χ1) is 10.2. The van der Waals surface area contributed by atoms with Gasteiger partial charge in [-0.1, -0.05) is 23.4 Å². The van der Waals surface area contributed by atoms with Crippen molar-refractivity contribution in [2.75, 3.05) is 6.54 Å². The molecule has 1 atom stereocenters. The molecule has 1 aromatic carbocycles. The molecule has 110 valence electrons. The maximum absolute atomic E-state index is 8.92. The summed E-state index contributed by atoms with van der Waals surface area (Å²) < 4.78 is 0. The van der Waals surface area contributed by atoms with Gasteiger partial charge in [0.15, 0.2) is 5.84 Å². The number of oxime groups is 1. The summed E-state index contributed by atoms with van der Waals surface area (Å²) in [5.74, 6) is 0.308. The second kappa shape index (κ2) is 5.69. The highest BCUT2D eigenvalue weighted by molar-refractivity contribution is 5.86. The lowest BCUT2D eigenvalue weighted by atomic mass is 10.1. The van der Waals surface area contributed by atoms with Gasteiger partial charge in [-0.25, -0.2) is 0 Å². The van der Waals surface area contributed by atoms with Crippen LogP contribution in [0.3, 0.4) is 0 Å². The van der Waals surface area contributed by atoms with E-state index in [1.54, 1.807) is 0 Å². The van der Waals surface area contributed by atoms with Crippen LogP contribution in [0.25, 0.3) is 10.9 Å². The molecule has 0 bridgehead atoms. The van der Waals surface area contributed by atoms with Gasteiger partial charge < -0.3 is 10.9 Å². The molecule has 0 amide bonds.